The van der Waals surface area contributed by atoms with Crippen molar-refractivity contribution in [2.75, 3.05) is 6.54 Å². The van der Waals surface area contributed by atoms with Gasteiger partial charge in [-0.05, 0) is 30.0 Å². The Hall–Kier alpha value is -3.66. The summed E-state index contributed by atoms with van der Waals surface area (Å²) in [5.74, 6) is -0.214. The maximum Gasteiger partial charge on any atom is 0.284 e. The number of amides is 1. The largest absolute Gasteiger partial charge is 0.358 e. The van der Waals surface area contributed by atoms with Gasteiger partial charge in [-0.1, -0.05) is 18.2 Å². The Balaban J connectivity index is 1.43. The molecule has 10 heteroatoms. The maximum atomic E-state index is 13.2. The van der Waals surface area contributed by atoms with Crippen LogP contribution in [0.4, 0.5) is 5.69 Å². The number of fused-ring (bicyclic) bond motifs is 3. The number of carbonyl (C=O) groups excluding carboxylic acids is 1. The van der Waals surface area contributed by atoms with Gasteiger partial charge in [0.05, 0.1) is 9.82 Å². The molecular formula is C21H18N6O3S. The Kier molecular flexibility index (Phi) is 4.70. The molecule has 0 radical (unpaired) electrons. The summed E-state index contributed by atoms with van der Waals surface area (Å²) in [7, 11) is 1.77. The van der Waals surface area contributed by atoms with Crippen LogP contribution in [0.3, 0.4) is 0 Å². The summed E-state index contributed by atoms with van der Waals surface area (Å²) in [6.45, 7) is 1.03. The fourth-order valence-electron chi connectivity index (χ4n) is 3.87. The molecule has 0 unspecified atom stereocenters. The van der Waals surface area contributed by atoms with Crippen molar-refractivity contribution in [3.05, 3.63) is 75.7 Å². The molecule has 2 aromatic carbocycles. The van der Waals surface area contributed by atoms with E-state index in [1.54, 1.807) is 28.6 Å². The minimum atomic E-state index is -0.469. The Bertz CT molecular complexity index is 1330. The summed E-state index contributed by atoms with van der Waals surface area (Å²) >= 11 is 1.14. The summed E-state index contributed by atoms with van der Waals surface area (Å²) in [6.07, 6.45) is 2.25. The number of carbonyl (C=O) groups is 1. The van der Waals surface area contributed by atoms with Crippen molar-refractivity contribution >= 4 is 34.3 Å². The van der Waals surface area contributed by atoms with Crippen LogP contribution < -0.4 is 0 Å². The quantitative estimate of drug-likeness (QED) is 0.388. The van der Waals surface area contributed by atoms with Gasteiger partial charge in [-0.15, -0.1) is 10.2 Å². The van der Waals surface area contributed by atoms with E-state index in [1.165, 1.54) is 12.4 Å². The molecule has 0 atom stereocenters. The first-order chi connectivity index (χ1) is 15.0. The average Bonchev–Trinajstić information content (AvgIpc) is 3.36. The van der Waals surface area contributed by atoms with Crippen molar-refractivity contribution in [1.82, 2.24) is 24.6 Å². The zero-order valence-corrected chi connectivity index (χ0v) is 17.4. The Labute approximate surface area is 181 Å². The third-order valence-corrected chi connectivity index (χ3v) is 6.56. The van der Waals surface area contributed by atoms with Crippen molar-refractivity contribution < 1.29 is 9.72 Å². The zero-order chi connectivity index (χ0) is 21.5. The summed E-state index contributed by atoms with van der Waals surface area (Å²) in [4.78, 5) is 30.0. The molecular weight excluding hydrogens is 416 g/mol. The van der Waals surface area contributed by atoms with E-state index in [-0.39, 0.29) is 11.6 Å². The molecule has 0 aliphatic carbocycles. The minimum Gasteiger partial charge on any atom is -0.358 e. The molecule has 31 heavy (non-hydrogen) atoms. The van der Waals surface area contributed by atoms with E-state index in [2.05, 4.69) is 15.2 Å². The lowest BCUT2D eigenvalue weighted by atomic mass is 10.0. The van der Waals surface area contributed by atoms with Crippen molar-refractivity contribution in [3.8, 4) is 0 Å². The van der Waals surface area contributed by atoms with Crippen LogP contribution in [-0.4, -0.2) is 42.0 Å². The monoisotopic (exact) mass is 434 g/mol. The number of H-pyrrole nitrogens is 1. The topological polar surface area (TPSA) is 110 Å². The summed E-state index contributed by atoms with van der Waals surface area (Å²) in [5.41, 5.74) is 3.49. The Morgan fingerprint density at radius 3 is 2.87 bits per heavy atom. The van der Waals surface area contributed by atoms with Gasteiger partial charge in [0.2, 0.25) is 0 Å². The Morgan fingerprint density at radius 1 is 1.26 bits per heavy atom. The van der Waals surface area contributed by atoms with Gasteiger partial charge in [0.1, 0.15) is 6.33 Å². The van der Waals surface area contributed by atoms with Crippen molar-refractivity contribution in [2.45, 2.75) is 23.0 Å². The van der Waals surface area contributed by atoms with Gasteiger partial charge in [-0.2, -0.15) is 0 Å². The molecule has 0 spiro atoms. The van der Waals surface area contributed by atoms with Gasteiger partial charge in [-0.25, -0.2) is 0 Å². The number of hydrogen-bond acceptors (Lipinski definition) is 6. The zero-order valence-electron chi connectivity index (χ0n) is 16.6. The molecule has 156 valence electrons. The smallest absolute Gasteiger partial charge is 0.284 e. The van der Waals surface area contributed by atoms with Crippen LogP contribution in [0.25, 0.3) is 10.9 Å². The molecule has 0 saturated heterocycles. The van der Waals surface area contributed by atoms with E-state index in [4.69, 9.17) is 0 Å². The Morgan fingerprint density at radius 2 is 2.10 bits per heavy atom. The number of para-hydroxylation sites is 1. The van der Waals surface area contributed by atoms with Crippen LogP contribution in [0.1, 0.15) is 21.6 Å². The number of nitro groups is 1. The molecule has 0 fully saturated rings. The van der Waals surface area contributed by atoms with E-state index in [9.17, 15) is 14.9 Å². The van der Waals surface area contributed by atoms with Gasteiger partial charge >= 0.3 is 0 Å². The molecule has 1 amide bonds. The predicted molar refractivity (Wildman–Crippen MR) is 115 cm³/mol. The number of aryl methyl sites for hydroxylation is 1. The normalized spacial score (nSPS) is 13.4. The lowest BCUT2D eigenvalue weighted by Crippen LogP contribution is -2.35. The molecule has 9 nitrogen and oxygen atoms in total. The van der Waals surface area contributed by atoms with Gasteiger partial charge in [0.15, 0.2) is 5.16 Å². The first kappa shape index (κ1) is 19.3. The van der Waals surface area contributed by atoms with E-state index in [0.717, 1.165) is 40.3 Å². The van der Waals surface area contributed by atoms with Crippen molar-refractivity contribution in [2.24, 2.45) is 7.05 Å². The molecule has 1 aliphatic heterocycles. The van der Waals surface area contributed by atoms with Crippen LogP contribution in [0.5, 0.6) is 0 Å². The summed E-state index contributed by atoms with van der Waals surface area (Å²) in [6, 6.07) is 12.6. The molecule has 3 heterocycles. The number of aromatic nitrogens is 4. The van der Waals surface area contributed by atoms with E-state index >= 15 is 0 Å². The summed E-state index contributed by atoms with van der Waals surface area (Å²) in [5, 5.41) is 21.1. The highest BCUT2D eigenvalue weighted by molar-refractivity contribution is 7.99. The summed E-state index contributed by atoms with van der Waals surface area (Å²) < 4.78 is 1.68. The first-order valence-electron chi connectivity index (χ1n) is 9.69. The van der Waals surface area contributed by atoms with Gasteiger partial charge in [0.25, 0.3) is 11.6 Å². The van der Waals surface area contributed by atoms with Gasteiger partial charge < -0.3 is 14.5 Å². The molecule has 0 saturated carbocycles. The second-order valence-corrected chi connectivity index (χ2v) is 8.38. The maximum absolute atomic E-state index is 13.2. The number of aromatic amines is 1. The molecule has 1 aliphatic rings. The number of nitrogens with zero attached hydrogens (tertiary/aromatic N) is 5. The van der Waals surface area contributed by atoms with Crippen molar-refractivity contribution in [3.63, 3.8) is 0 Å². The van der Waals surface area contributed by atoms with E-state index < -0.39 is 4.92 Å². The van der Waals surface area contributed by atoms with Crippen LogP contribution in [0.2, 0.25) is 0 Å². The number of rotatable bonds is 4. The van der Waals surface area contributed by atoms with Gasteiger partial charge in [0, 0.05) is 60.3 Å². The van der Waals surface area contributed by atoms with E-state index in [1.807, 2.05) is 24.3 Å². The van der Waals surface area contributed by atoms with Crippen LogP contribution in [-0.2, 0) is 20.0 Å². The van der Waals surface area contributed by atoms with Crippen molar-refractivity contribution in [1.29, 1.82) is 0 Å². The number of nitro benzene ring substituents is 1. The fourth-order valence-corrected chi connectivity index (χ4v) is 4.72. The van der Waals surface area contributed by atoms with Crippen LogP contribution in [0.15, 0.2) is 58.8 Å². The second-order valence-electron chi connectivity index (χ2n) is 7.37. The first-order valence-corrected chi connectivity index (χ1v) is 10.5. The SMILES string of the molecule is Cn1cnnc1Sc1ccc(C(=O)N2CCc3[nH]c4ccccc4c3C2)cc1[N+](=O)[O-]. The molecule has 0 bridgehead atoms. The highest BCUT2D eigenvalue weighted by Crippen LogP contribution is 2.35. The molecule has 5 rings (SSSR count). The predicted octanol–water partition coefficient (Wildman–Crippen LogP) is 3.55. The average molecular weight is 434 g/mol. The lowest BCUT2D eigenvalue weighted by Gasteiger charge is -2.27. The third kappa shape index (κ3) is 3.44. The second kappa shape index (κ2) is 7.55. The number of nitrogens with one attached hydrogen (secondary N) is 1. The van der Waals surface area contributed by atoms with Gasteiger partial charge in [-0.3, -0.25) is 14.9 Å². The lowest BCUT2D eigenvalue weighted by molar-refractivity contribution is -0.387. The standard InChI is InChI=1S/C21H18N6O3S/c1-25-12-22-24-21(25)31-19-7-6-13(10-18(19)27(29)30)20(28)26-9-8-17-15(11-26)14-4-2-3-5-16(14)23-17/h2-7,10,12,23H,8-9,11H2,1H3. The minimum absolute atomic E-state index is 0.122. The van der Waals surface area contributed by atoms with Crippen LogP contribution in [0, 0.1) is 10.1 Å². The number of benzene rings is 2. The number of hydrogen-bond donors (Lipinski definition) is 1. The highest BCUT2D eigenvalue weighted by atomic mass is 32.2. The fraction of sp³-hybridized carbons (Fsp3) is 0.190. The highest BCUT2D eigenvalue weighted by Gasteiger charge is 2.27. The van der Waals surface area contributed by atoms with Crippen LogP contribution >= 0.6 is 11.8 Å². The third-order valence-electron chi connectivity index (χ3n) is 5.44. The molecule has 2 aromatic heterocycles. The molecule has 4 aromatic rings. The van der Waals surface area contributed by atoms with E-state index in [0.29, 0.717) is 28.7 Å². The molecule has 1 N–H and O–H groups in total.